The van der Waals surface area contributed by atoms with Crippen LogP contribution >= 0.6 is 0 Å². The minimum atomic E-state index is -1.09. The number of carbonyl (C=O) groups excluding carboxylic acids is 3. The summed E-state index contributed by atoms with van der Waals surface area (Å²) in [7, 11) is 1.20. The lowest BCUT2D eigenvalue weighted by Gasteiger charge is -2.23. The maximum absolute atomic E-state index is 12.2. The van der Waals surface area contributed by atoms with Crippen molar-refractivity contribution in [3.63, 3.8) is 0 Å². The fraction of sp³-hybridized carbons (Fsp3) is 0.214. The molecule has 0 radical (unpaired) electrons. The highest BCUT2D eigenvalue weighted by Gasteiger charge is 2.43. The Balaban J connectivity index is 2.48. The Morgan fingerprint density at radius 3 is 2.05 bits per heavy atom. The number of rotatable bonds is 3. The number of nitrogens with zero attached hydrogens (tertiary/aromatic N) is 1. The second-order valence-electron chi connectivity index (χ2n) is 4.30. The molecule has 0 aliphatic carbocycles. The molecule has 0 aromatic heterocycles. The van der Waals surface area contributed by atoms with Gasteiger partial charge in [0.1, 0.15) is 0 Å². The third-order valence-corrected chi connectivity index (χ3v) is 2.97. The van der Waals surface area contributed by atoms with Crippen LogP contribution in [0.2, 0.25) is 0 Å². The number of benzene rings is 1. The van der Waals surface area contributed by atoms with Gasteiger partial charge in [0, 0.05) is 0 Å². The van der Waals surface area contributed by atoms with Gasteiger partial charge in [0.25, 0.3) is 11.8 Å². The van der Waals surface area contributed by atoms with E-state index < -0.39 is 23.8 Å². The van der Waals surface area contributed by atoms with Crippen LogP contribution in [-0.2, 0) is 9.53 Å². The first-order valence-corrected chi connectivity index (χ1v) is 5.69. The molecule has 0 spiro atoms. The first kappa shape index (κ1) is 13.0. The van der Waals surface area contributed by atoms with Gasteiger partial charge >= 0.3 is 5.97 Å². The van der Waals surface area contributed by atoms with E-state index in [4.69, 9.17) is 0 Å². The van der Waals surface area contributed by atoms with Crippen LogP contribution in [0.15, 0.2) is 36.4 Å². The molecule has 1 aliphatic rings. The van der Waals surface area contributed by atoms with Gasteiger partial charge in [0.15, 0.2) is 6.04 Å². The third kappa shape index (κ3) is 1.93. The van der Waals surface area contributed by atoms with E-state index in [2.05, 4.69) is 11.3 Å². The van der Waals surface area contributed by atoms with Gasteiger partial charge in [-0.1, -0.05) is 18.7 Å². The quantitative estimate of drug-likeness (QED) is 0.467. The zero-order valence-corrected chi connectivity index (χ0v) is 10.7. The van der Waals surface area contributed by atoms with Gasteiger partial charge in [-0.05, 0) is 24.6 Å². The van der Waals surface area contributed by atoms with Gasteiger partial charge in [-0.2, -0.15) is 0 Å². The lowest BCUT2D eigenvalue weighted by atomic mass is 10.1. The summed E-state index contributed by atoms with van der Waals surface area (Å²) in [4.78, 5) is 37.1. The summed E-state index contributed by atoms with van der Waals surface area (Å²) in [5.41, 5.74) is 0.965. The average Bonchev–Trinajstić information content (AvgIpc) is 2.64. The van der Waals surface area contributed by atoms with E-state index in [0.717, 1.165) is 4.90 Å². The Hall–Kier alpha value is -2.43. The molecule has 0 saturated carbocycles. The van der Waals surface area contributed by atoms with Crippen molar-refractivity contribution in [2.45, 2.75) is 13.0 Å². The summed E-state index contributed by atoms with van der Waals surface area (Å²) < 4.78 is 4.64. The third-order valence-electron chi connectivity index (χ3n) is 2.97. The maximum atomic E-state index is 12.2. The number of esters is 1. The molecule has 1 aromatic carbocycles. The standard InChI is InChI=1S/C14H13NO4/c1-8(2)11(14(18)19-3)15-12(16)9-6-4-5-7-10(9)13(15)17/h4-7,11H,1H2,2-3H3/t11-/m1/s1. The summed E-state index contributed by atoms with van der Waals surface area (Å²) in [6.07, 6.45) is 0. The molecule has 5 heteroatoms. The summed E-state index contributed by atoms with van der Waals surface area (Å²) in [6, 6.07) is 5.37. The second kappa shape index (κ2) is 4.68. The van der Waals surface area contributed by atoms with Crippen molar-refractivity contribution < 1.29 is 19.1 Å². The average molecular weight is 259 g/mol. The zero-order valence-electron chi connectivity index (χ0n) is 10.7. The number of hydrogen-bond acceptors (Lipinski definition) is 4. The highest BCUT2D eigenvalue weighted by atomic mass is 16.5. The molecule has 5 nitrogen and oxygen atoms in total. The van der Waals surface area contributed by atoms with Gasteiger partial charge in [-0.15, -0.1) is 0 Å². The molecule has 0 bridgehead atoms. The van der Waals surface area contributed by atoms with Gasteiger partial charge < -0.3 is 4.74 Å². The van der Waals surface area contributed by atoms with Crippen LogP contribution in [-0.4, -0.2) is 35.8 Å². The highest BCUT2D eigenvalue weighted by molar-refractivity contribution is 6.23. The minimum absolute atomic E-state index is 0.294. The topological polar surface area (TPSA) is 63.7 Å². The van der Waals surface area contributed by atoms with Gasteiger partial charge in [0.2, 0.25) is 0 Å². The van der Waals surface area contributed by atoms with Crippen LogP contribution in [0.3, 0.4) is 0 Å². The van der Waals surface area contributed by atoms with Crippen LogP contribution < -0.4 is 0 Å². The minimum Gasteiger partial charge on any atom is -0.467 e. The van der Waals surface area contributed by atoms with Crippen molar-refractivity contribution in [2.24, 2.45) is 0 Å². The highest BCUT2D eigenvalue weighted by Crippen LogP contribution is 2.26. The number of hydrogen-bond donors (Lipinski definition) is 0. The van der Waals surface area contributed by atoms with Crippen molar-refractivity contribution in [1.29, 1.82) is 0 Å². The molecular weight excluding hydrogens is 246 g/mol. The smallest absolute Gasteiger partial charge is 0.333 e. The molecule has 1 aliphatic heterocycles. The first-order chi connectivity index (χ1) is 8.99. The molecule has 0 fully saturated rings. The number of methoxy groups -OCH3 is 1. The van der Waals surface area contributed by atoms with Crippen LogP contribution in [0.1, 0.15) is 27.6 Å². The number of ether oxygens (including phenoxy) is 1. The van der Waals surface area contributed by atoms with Crippen LogP contribution in [0.4, 0.5) is 0 Å². The lowest BCUT2D eigenvalue weighted by molar-refractivity contribution is -0.143. The normalized spacial score (nSPS) is 15.2. The van der Waals surface area contributed by atoms with Crippen LogP contribution in [0, 0.1) is 0 Å². The molecule has 1 atom stereocenters. The van der Waals surface area contributed by atoms with E-state index in [-0.39, 0.29) is 0 Å². The summed E-state index contributed by atoms with van der Waals surface area (Å²) in [5, 5.41) is 0. The SMILES string of the molecule is C=C(C)[C@H](C(=O)OC)N1C(=O)c2ccccc2C1=O. The maximum Gasteiger partial charge on any atom is 0.333 e. The number of amides is 2. The van der Waals surface area contributed by atoms with Crippen molar-refractivity contribution in [3.8, 4) is 0 Å². The van der Waals surface area contributed by atoms with Crippen molar-refractivity contribution in [3.05, 3.63) is 47.5 Å². The molecule has 2 rings (SSSR count). The molecule has 0 unspecified atom stereocenters. The lowest BCUT2D eigenvalue weighted by Crippen LogP contribution is -2.45. The number of fused-ring (bicyclic) bond motifs is 1. The molecule has 0 N–H and O–H groups in total. The Morgan fingerprint density at radius 1 is 1.21 bits per heavy atom. The summed E-state index contributed by atoms with van der Waals surface area (Å²) >= 11 is 0. The van der Waals surface area contributed by atoms with Crippen molar-refractivity contribution in [2.75, 3.05) is 7.11 Å². The van der Waals surface area contributed by atoms with Crippen molar-refractivity contribution in [1.82, 2.24) is 4.90 Å². The Bertz CT molecular complexity index is 556. The monoisotopic (exact) mass is 259 g/mol. The zero-order chi connectivity index (χ0) is 14.2. The summed E-state index contributed by atoms with van der Waals surface area (Å²) in [5.74, 6) is -1.68. The van der Waals surface area contributed by atoms with E-state index in [1.165, 1.54) is 7.11 Å². The number of carbonyl (C=O) groups is 3. The molecule has 0 saturated heterocycles. The van der Waals surface area contributed by atoms with Crippen LogP contribution in [0.5, 0.6) is 0 Å². The predicted molar refractivity (Wildman–Crippen MR) is 67.6 cm³/mol. The van der Waals surface area contributed by atoms with E-state index in [1.807, 2.05) is 0 Å². The largest absolute Gasteiger partial charge is 0.467 e. The number of imide groups is 1. The summed E-state index contributed by atoms with van der Waals surface area (Å²) in [6.45, 7) is 5.23. The van der Waals surface area contributed by atoms with Crippen molar-refractivity contribution >= 4 is 17.8 Å². The van der Waals surface area contributed by atoms with E-state index in [1.54, 1.807) is 31.2 Å². The molecular formula is C14H13NO4. The van der Waals surface area contributed by atoms with Gasteiger partial charge in [0.05, 0.1) is 18.2 Å². The Morgan fingerprint density at radius 2 is 1.68 bits per heavy atom. The van der Waals surface area contributed by atoms with E-state index in [9.17, 15) is 14.4 Å². The fourth-order valence-electron chi connectivity index (χ4n) is 2.08. The molecule has 1 heterocycles. The molecule has 19 heavy (non-hydrogen) atoms. The van der Waals surface area contributed by atoms with E-state index >= 15 is 0 Å². The first-order valence-electron chi connectivity index (χ1n) is 5.69. The molecule has 2 amide bonds. The molecule has 1 aromatic rings. The second-order valence-corrected chi connectivity index (χ2v) is 4.30. The fourth-order valence-corrected chi connectivity index (χ4v) is 2.08. The van der Waals surface area contributed by atoms with Crippen LogP contribution in [0.25, 0.3) is 0 Å². The Labute approximate surface area is 110 Å². The Kier molecular flexibility index (Phi) is 3.21. The van der Waals surface area contributed by atoms with Gasteiger partial charge in [-0.3, -0.25) is 14.5 Å². The van der Waals surface area contributed by atoms with Gasteiger partial charge in [-0.25, -0.2) is 4.79 Å². The van der Waals surface area contributed by atoms with E-state index in [0.29, 0.717) is 16.7 Å². The molecule has 98 valence electrons. The predicted octanol–water partition coefficient (Wildman–Crippen LogP) is 1.40.